The number of hydrogen-bond acceptors (Lipinski definition) is 1. The molecule has 110 valence electrons. The molecule has 4 aliphatic rings. The van der Waals surface area contributed by atoms with Gasteiger partial charge < -0.3 is 0 Å². The lowest BCUT2D eigenvalue weighted by molar-refractivity contribution is -0.130. The van der Waals surface area contributed by atoms with E-state index in [9.17, 15) is 4.79 Å². The lowest BCUT2D eigenvalue weighted by Gasteiger charge is -2.52. The van der Waals surface area contributed by atoms with Crippen molar-refractivity contribution in [1.82, 2.24) is 0 Å². The van der Waals surface area contributed by atoms with Gasteiger partial charge in [0.05, 0.1) is 0 Å². The maximum absolute atomic E-state index is 12.4. The molecule has 5 atom stereocenters. The van der Waals surface area contributed by atoms with E-state index < -0.39 is 0 Å². The minimum absolute atomic E-state index is 0.0438. The Morgan fingerprint density at radius 1 is 1.10 bits per heavy atom. The Morgan fingerprint density at radius 2 is 1.90 bits per heavy atom. The molecule has 0 amide bonds. The largest absolute Gasteiger partial charge is 0.299 e. The van der Waals surface area contributed by atoms with E-state index in [0.29, 0.717) is 11.7 Å². The van der Waals surface area contributed by atoms with Gasteiger partial charge in [0.1, 0.15) is 5.78 Å². The standard InChI is InChI=1S/C19H28O/c1-12-11-13-5-3-4-6-14(13)15-9-10-19(2)16(18(12)15)7-8-17(19)20/h12,15-16,18H,3-11H2,1-2H3/t12-,15-,16+,18-,19+/m1/s1. The molecule has 0 saturated heterocycles. The fourth-order valence-electron chi connectivity index (χ4n) is 6.36. The Balaban J connectivity index is 1.72. The topological polar surface area (TPSA) is 17.1 Å². The van der Waals surface area contributed by atoms with E-state index in [1.54, 1.807) is 0 Å². The fourth-order valence-corrected chi connectivity index (χ4v) is 6.36. The average Bonchev–Trinajstić information content (AvgIpc) is 2.75. The van der Waals surface area contributed by atoms with Gasteiger partial charge in [0, 0.05) is 11.8 Å². The van der Waals surface area contributed by atoms with Crippen LogP contribution in [-0.4, -0.2) is 5.78 Å². The first-order chi connectivity index (χ1) is 9.61. The molecular weight excluding hydrogens is 244 g/mol. The van der Waals surface area contributed by atoms with E-state index in [0.717, 1.165) is 24.2 Å². The maximum atomic E-state index is 12.4. The number of carbonyl (C=O) groups excluding carboxylic acids is 1. The molecule has 0 aliphatic heterocycles. The first-order valence-corrected chi connectivity index (χ1v) is 8.85. The number of carbonyl (C=O) groups is 1. The van der Waals surface area contributed by atoms with Gasteiger partial charge in [-0.05, 0) is 75.0 Å². The smallest absolute Gasteiger partial charge is 0.139 e. The molecule has 0 unspecified atom stereocenters. The van der Waals surface area contributed by atoms with Gasteiger partial charge in [-0.3, -0.25) is 4.79 Å². The van der Waals surface area contributed by atoms with Crippen molar-refractivity contribution in [3.05, 3.63) is 11.1 Å². The van der Waals surface area contributed by atoms with Crippen LogP contribution in [0, 0.1) is 29.1 Å². The maximum Gasteiger partial charge on any atom is 0.139 e. The Kier molecular flexibility index (Phi) is 2.91. The van der Waals surface area contributed by atoms with E-state index in [-0.39, 0.29) is 5.41 Å². The third kappa shape index (κ3) is 1.64. The average molecular weight is 272 g/mol. The molecule has 0 N–H and O–H groups in total. The summed E-state index contributed by atoms with van der Waals surface area (Å²) in [7, 11) is 0. The summed E-state index contributed by atoms with van der Waals surface area (Å²) in [5.41, 5.74) is 3.74. The molecule has 0 bridgehead atoms. The quantitative estimate of drug-likeness (QED) is 0.573. The molecular formula is C19H28O. The molecule has 0 radical (unpaired) electrons. The van der Waals surface area contributed by atoms with Gasteiger partial charge in [0.2, 0.25) is 0 Å². The molecule has 4 aliphatic carbocycles. The van der Waals surface area contributed by atoms with Gasteiger partial charge >= 0.3 is 0 Å². The van der Waals surface area contributed by atoms with E-state index in [4.69, 9.17) is 0 Å². The van der Waals surface area contributed by atoms with Crippen LogP contribution >= 0.6 is 0 Å². The van der Waals surface area contributed by atoms with Crippen LogP contribution in [0.5, 0.6) is 0 Å². The monoisotopic (exact) mass is 272 g/mol. The van der Waals surface area contributed by atoms with Crippen molar-refractivity contribution in [3.8, 4) is 0 Å². The molecule has 1 nitrogen and oxygen atoms in total. The SMILES string of the molecule is C[C@@H]1CC2=C(CCCC2)[C@H]2CC[C@]3(C)C(=O)CC[C@H]3[C@H]12. The fraction of sp³-hybridized carbons (Fsp3) is 0.842. The number of rotatable bonds is 0. The highest BCUT2D eigenvalue weighted by molar-refractivity contribution is 5.87. The second-order valence-electron chi connectivity index (χ2n) is 8.23. The zero-order chi connectivity index (χ0) is 13.9. The van der Waals surface area contributed by atoms with Crippen LogP contribution in [0.3, 0.4) is 0 Å². The van der Waals surface area contributed by atoms with Crippen LogP contribution in [0.25, 0.3) is 0 Å². The van der Waals surface area contributed by atoms with Gasteiger partial charge in [-0.15, -0.1) is 0 Å². The molecule has 2 fully saturated rings. The molecule has 0 spiro atoms. The minimum atomic E-state index is 0.0438. The summed E-state index contributed by atoms with van der Waals surface area (Å²) >= 11 is 0. The second-order valence-corrected chi connectivity index (χ2v) is 8.23. The molecule has 0 aromatic heterocycles. The Hall–Kier alpha value is -0.590. The lowest BCUT2D eigenvalue weighted by atomic mass is 9.52. The van der Waals surface area contributed by atoms with Crippen LogP contribution < -0.4 is 0 Å². The van der Waals surface area contributed by atoms with Crippen molar-refractivity contribution >= 4 is 5.78 Å². The van der Waals surface area contributed by atoms with Gasteiger partial charge in [-0.25, -0.2) is 0 Å². The number of fused-ring (bicyclic) bond motifs is 4. The van der Waals surface area contributed by atoms with E-state index in [2.05, 4.69) is 13.8 Å². The van der Waals surface area contributed by atoms with Crippen molar-refractivity contribution in [2.24, 2.45) is 29.1 Å². The highest BCUT2D eigenvalue weighted by Gasteiger charge is 2.56. The van der Waals surface area contributed by atoms with Crippen molar-refractivity contribution in [2.75, 3.05) is 0 Å². The van der Waals surface area contributed by atoms with Crippen LogP contribution in [0.15, 0.2) is 11.1 Å². The van der Waals surface area contributed by atoms with Gasteiger partial charge in [-0.2, -0.15) is 0 Å². The highest BCUT2D eigenvalue weighted by Crippen LogP contribution is 2.61. The third-order valence-electron chi connectivity index (χ3n) is 7.34. The molecule has 0 aromatic carbocycles. The van der Waals surface area contributed by atoms with Gasteiger partial charge in [-0.1, -0.05) is 25.0 Å². The Labute approximate surface area is 123 Å². The van der Waals surface area contributed by atoms with Crippen molar-refractivity contribution in [2.45, 2.75) is 71.6 Å². The summed E-state index contributed by atoms with van der Waals surface area (Å²) in [4.78, 5) is 12.4. The summed E-state index contributed by atoms with van der Waals surface area (Å²) in [6.45, 7) is 4.77. The van der Waals surface area contributed by atoms with Crippen molar-refractivity contribution < 1.29 is 4.79 Å². The Morgan fingerprint density at radius 3 is 2.75 bits per heavy atom. The normalized spacial score (nSPS) is 47.8. The van der Waals surface area contributed by atoms with Crippen molar-refractivity contribution in [3.63, 3.8) is 0 Å². The summed E-state index contributed by atoms with van der Waals surface area (Å²) in [5.74, 6) is 3.75. The summed E-state index contributed by atoms with van der Waals surface area (Å²) in [5, 5.41) is 0. The van der Waals surface area contributed by atoms with Crippen LogP contribution in [-0.2, 0) is 4.79 Å². The second kappa shape index (κ2) is 4.45. The third-order valence-corrected chi connectivity index (χ3v) is 7.34. The predicted molar refractivity (Wildman–Crippen MR) is 81.3 cm³/mol. The summed E-state index contributed by atoms with van der Waals surface area (Å²) in [6.07, 6.45) is 11.4. The molecule has 2 saturated carbocycles. The first kappa shape index (κ1) is 13.1. The van der Waals surface area contributed by atoms with E-state index in [1.807, 2.05) is 11.1 Å². The first-order valence-electron chi connectivity index (χ1n) is 8.85. The molecule has 20 heavy (non-hydrogen) atoms. The molecule has 1 heteroatoms. The van der Waals surface area contributed by atoms with E-state index in [1.165, 1.54) is 51.4 Å². The molecule has 0 aromatic rings. The van der Waals surface area contributed by atoms with Crippen LogP contribution in [0.1, 0.15) is 71.6 Å². The van der Waals surface area contributed by atoms with Crippen LogP contribution in [0.4, 0.5) is 0 Å². The lowest BCUT2D eigenvalue weighted by Crippen LogP contribution is -2.46. The molecule has 0 heterocycles. The van der Waals surface area contributed by atoms with Gasteiger partial charge in [0.15, 0.2) is 0 Å². The van der Waals surface area contributed by atoms with E-state index >= 15 is 0 Å². The summed E-state index contributed by atoms with van der Waals surface area (Å²) < 4.78 is 0. The van der Waals surface area contributed by atoms with Crippen LogP contribution in [0.2, 0.25) is 0 Å². The Bertz CT molecular complexity index is 474. The number of hydrogen-bond donors (Lipinski definition) is 0. The van der Waals surface area contributed by atoms with Crippen molar-refractivity contribution in [1.29, 1.82) is 0 Å². The number of Topliss-reactive ketones (excluding diaryl/α,β-unsaturated/α-hetero) is 1. The summed E-state index contributed by atoms with van der Waals surface area (Å²) in [6, 6.07) is 0. The predicted octanol–water partition coefficient (Wildman–Crippen LogP) is 4.91. The van der Waals surface area contributed by atoms with Gasteiger partial charge in [0.25, 0.3) is 0 Å². The zero-order valence-electron chi connectivity index (χ0n) is 13.1. The minimum Gasteiger partial charge on any atom is -0.299 e. The highest BCUT2D eigenvalue weighted by atomic mass is 16.1. The number of ketones is 1. The molecule has 4 rings (SSSR count). The zero-order valence-corrected chi connectivity index (χ0v) is 13.1. The number of allylic oxidation sites excluding steroid dienone is 2.